The highest BCUT2D eigenvalue weighted by molar-refractivity contribution is 5.88. The molecule has 4 aliphatic rings. The number of nitrogens with zero attached hydrogens (tertiary/aromatic N) is 3. The van der Waals surface area contributed by atoms with Crippen molar-refractivity contribution in [3.8, 4) is 0 Å². The van der Waals surface area contributed by atoms with Crippen LogP contribution < -0.4 is 5.56 Å². The highest BCUT2D eigenvalue weighted by Crippen LogP contribution is 2.47. The second-order valence-electron chi connectivity index (χ2n) is 10.8. The molecule has 2 saturated carbocycles. The van der Waals surface area contributed by atoms with Gasteiger partial charge in [-0.25, -0.2) is 9.78 Å². The lowest BCUT2D eigenvalue weighted by Gasteiger charge is -2.55. The van der Waals surface area contributed by atoms with Gasteiger partial charge in [-0.15, -0.1) is 0 Å². The van der Waals surface area contributed by atoms with Crippen LogP contribution in [-0.2, 0) is 0 Å². The van der Waals surface area contributed by atoms with E-state index in [0.717, 1.165) is 30.2 Å². The zero-order valence-electron chi connectivity index (χ0n) is 18.7. The van der Waals surface area contributed by atoms with Crippen LogP contribution in [0.2, 0.25) is 0 Å². The summed E-state index contributed by atoms with van der Waals surface area (Å²) in [5.41, 5.74) is 0.569. The summed E-state index contributed by atoms with van der Waals surface area (Å²) in [7, 11) is 0. The molecule has 1 N–H and O–H groups in total. The number of fused-ring (bicyclic) bond motifs is 5. The van der Waals surface area contributed by atoms with E-state index >= 15 is 0 Å². The maximum atomic E-state index is 13.3. The minimum atomic E-state index is -1.24. The van der Waals surface area contributed by atoms with Gasteiger partial charge in [-0.2, -0.15) is 0 Å². The zero-order chi connectivity index (χ0) is 21.8. The number of aromatic nitrogens is 2. The first-order valence-corrected chi connectivity index (χ1v) is 12.6. The number of hydrogen-bond acceptors (Lipinski definition) is 4. The fourth-order valence-corrected chi connectivity index (χ4v) is 7.79. The third kappa shape index (κ3) is 3.38. The van der Waals surface area contributed by atoms with Crippen molar-refractivity contribution in [1.82, 2.24) is 14.5 Å². The molecule has 2 aliphatic carbocycles. The molecule has 2 saturated heterocycles. The number of hydrogen-bond donors (Lipinski definition) is 1. The van der Waals surface area contributed by atoms with Gasteiger partial charge in [-0.3, -0.25) is 9.69 Å². The highest BCUT2D eigenvalue weighted by atomic mass is 16.4. The van der Waals surface area contributed by atoms with Crippen LogP contribution in [0.5, 0.6) is 0 Å². The molecule has 0 radical (unpaired) electrons. The van der Waals surface area contributed by atoms with Gasteiger partial charge >= 0.3 is 5.97 Å². The van der Waals surface area contributed by atoms with E-state index < -0.39 is 11.5 Å². The van der Waals surface area contributed by atoms with Gasteiger partial charge in [0.25, 0.3) is 5.56 Å². The first kappa shape index (κ1) is 20.4. The molecule has 4 bridgehead atoms. The SMILES string of the molecule is O=C(O)c1nc2ccccc2n(C2CC3CCCC(C2)N3C2CC3CCCC(C3)C2)c1=O. The number of rotatable bonds is 3. The molecule has 0 spiro atoms. The summed E-state index contributed by atoms with van der Waals surface area (Å²) < 4.78 is 1.78. The van der Waals surface area contributed by atoms with Crippen molar-refractivity contribution in [3.05, 3.63) is 40.3 Å². The number of carbonyl (C=O) groups is 1. The average Bonchev–Trinajstić information content (AvgIpc) is 2.77. The Morgan fingerprint density at radius 2 is 1.50 bits per heavy atom. The Morgan fingerprint density at radius 3 is 2.19 bits per heavy atom. The predicted molar refractivity (Wildman–Crippen MR) is 123 cm³/mol. The summed E-state index contributed by atoms with van der Waals surface area (Å²) >= 11 is 0. The monoisotopic (exact) mass is 435 g/mol. The molecule has 6 rings (SSSR count). The summed E-state index contributed by atoms with van der Waals surface area (Å²) in [5, 5.41) is 9.62. The summed E-state index contributed by atoms with van der Waals surface area (Å²) in [5.74, 6) is 0.590. The Kier molecular flexibility index (Phi) is 5.09. The lowest BCUT2D eigenvalue weighted by molar-refractivity contribution is -0.0486. The molecule has 4 fully saturated rings. The standard InChI is InChI=1S/C26H33N3O3/c30-25-24(26(31)32)27-22-9-1-2-10-23(22)29(25)21-14-18-7-4-8-19(15-21)28(18)20-12-16-5-3-6-17(11-16)13-20/h1-2,9-10,16-21H,3-8,11-15H2,(H,31,32). The zero-order valence-corrected chi connectivity index (χ0v) is 18.7. The summed E-state index contributed by atoms with van der Waals surface area (Å²) in [4.78, 5) is 32.1. The molecule has 1 aromatic carbocycles. The maximum Gasteiger partial charge on any atom is 0.360 e. The number of aromatic carboxylic acids is 1. The van der Waals surface area contributed by atoms with E-state index in [2.05, 4.69) is 9.88 Å². The lowest BCUT2D eigenvalue weighted by atomic mass is 9.68. The Morgan fingerprint density at radius 1 is 0.844 bits per heavy atom. The van der Waals surface area contributed by atoms with Gasteiger partial charge < -0.3 is 9.67 Å². The van der Waals surface area contributed by atoms with Crippen molar-refractivity contribution in [2.45, 2.75) is 94.8 Å². The molecular formula is C26H33N3O3. The van der Waals surface area contributed by atoms with E-state index in [4.69, 9.17) is 0 Å². The molecule has 6 heteroatoms. The molecule has 32 heavy (non-hydrogen) atoms. The van der Waals surface area contributed by atoms with Crippen molar-refractivity contribution in [3.63, 3.8) is 0 Å². The van der Waals surface area contributed by atoms with Crippen molar-refractivity contribution in [2.24, 2.45) is 11.8 Å². The van der Waals surface area contributed by atoms with Crippen molar-refractivity contribution < 1.29 is 9.90 Å². The van der Waals surface area contributed by atoms with Crippen LogP contribution in [0.25, 0.3) is 11.0 Å². The van der Waals surface area contributed by atoms with Gasteiger partial charge in [-0.1, -0.05) is 37.8 Å². The van der Waals surface area contributed by atoms with E-state index in [1.54, 1.807) is 4.57 Å². The van der Waals surface area contributed by atoms with Gasteiger partial charge in [0.2, 0.25) is 5.69 Å². The first-order valence-electron chi connectivity index (χ1n) is 12.6. The molecule has 2 aliphatic heterocycles. The average molecular weight is 436 g/mol. The molecule has 1 aromatic heterocycles. The number of carboxylic acid groups (broad SMARTS) is 1. The van der Waals surface area contributed by atoms with Gasteiger partial charge in [-0.05, 0) is 68.9 Å². The van der Waals surface area contributed by atoms with Crippen molar-refractivity contribution in [1.29, 1.82) is 0 Å². The van der Waals surface area contributed by atoms with Crippen LogP contribution in [0.15, 0.2) is 29.1 Å². The second kappa shape index (κ2) is 7.98. The summed E-state index contributed by atoms with van der Waals surface area (Å²) in [6, 6.07) is 9.25. The molecule has 3 heterocycles. The van der Waals surface area contributed by atoms with Gasteiger partial charge in [0, 0.05) is 24.2 Å². The number of piperidine rings is 2. The van der Waals surface area contributed by atoms with E-state index in [9.17, 15) is 14.7 Å². The second-order valence-corrected chi connectivity index (χ2v) is 10.8. The third-order valence-corrected chi connectivity index (χ3v) is 8.89. The van der Waals surface area contributed by atoms with Crippen LogP contribution in [0.3, 0.4) is 0 Å². The fraction of sp³-hybridized carbons (Fsp3) is 0.654. The minimum Gasteiger partial charge on any atom is -0.476 e. The van der Waals surface area contributed by atoms with Crippen molar-refractivity contribution >= 4 is 17.0 Å². The van der Waals surface area contributed by atoms with Crippen molar-refractivity contribution in [2.75, 3.05) is 0 Å². The minimum absolute atomic E-state index is 0.0446. The largest absolute Gasteiger partial charge is 0.476 e. The quantitative estimate of drug-likeness (QED) is 0.761. The highest BCUT2D eigenvalue weighted by Gasteiger charge is 2.45. The third-order valence-electron chi connectivity index (χ3n) is 8.89. The number of benzene rings is 1. The van der Waals surface area contributed by atoms with Crippen LogP contribution in [0, 0.1) is 11.8 Å². The van der Waals surface area contributed by atoms with Gasteiger partial charge in [0.1, 0.15) is 0 Å². The van der Waals surface area contributed by atoms with Crippen LogP contribution >= 0.6 is 0 Å². The van der Waals surface area contributed by atoms with E-state index in [1.165, 1.54) is 57.8 Å². The fourth-order valence-electron chi connectivity index (χ4n) is 7.79. The number of carboxylic acids is 1. The summed E-state index contributed by atoms with van der Waals surface area (Å²) in [6.07, 6.45) is 13.9. The van der Waals surface area contributed by atoms with Gasteiger partial charge in [0.15, 0.2) is 0 Å². The molecule has 6 nitrogen and oxygen atoms in total. The normalized spacial score (nSPS) is 35.0. The van der Waals surface area contributed by atoms with Gasteiger partial charge in [0.05, 0.1) is 11.0 Å². The van der Waals surface area contributed by atoms with E-state index in [1.807, 2.05) is 24.3 Å². The van der Waals surface area contributed by atoms with Crippen LogP contribution in [0.1, 0.15) is 87.2 Å². The molecule has 4 atom stereocenters. The summed E-state index contributed by atoms with van der Waals surface area (Å²) in [6.45, 7) is 0. The Hall–Kier alpha value is -2.21. The molecule has 2 aromatic rings. The van der Waals surface area contributed by atoms with E-state index in [0.29, 0.717) is 23.6 Å². The molecule has 4 unspecified atom stereocenters. The smallest absolute Gasteiger partial charge is 0.360 e. The molecule has 0 amide bonds. The topological polar surface area (TPSA) is 75.4 Å². The lowest BCUT2D eigenvalue weighted by Crippen LogP contribution is -2.58. The Labute approximate surface area is 188 Å². The maximum absolute atomic E-state index is 13.3. The molecule has 170 valence electrons. The Bertz CT molecular complexity index is 1070. The van der Waals surface area contributed by atoms with Crippen LogP contribution in [0.4, 0.5) is 0 Å². The van der Waals surface area contributed by atoms with E-state index in [-0.39, 0.29) is 11.7 Å². The number of para-hydroxylation sites is 2. The Balaban J connectivity index is 1.35. The molecular weight excluding hydrogens is 402 g/mol. The first-order chi connectivity index (χ1) is 15.6. The predicted octanol–water partition coefficient (Wildman–Crippen LogP) is 4.62. The van der Waals surface area contributed by atoms with Crippen LogP contribution in [-0.4, -0.2) is 43.7 Å².